The van der Waals surface area contributed by atoms with Gasteiger partial charge in [-0.2, -0.15) is 0 Å². The van der Waals surface area contributed by atoms with Crippen LogP contribution in [0.15, 0.2) is 22.7 Å². The zero-order chi connectivity index (χ0) is 19.5. The van der Waals surface area contributed by atoms with Crippen molar-refractivity contribution in [2.45, 2.75) is 51.9 Å². The third kappa shape index (κ3) is 4.54. The number of piperazine rings is 1. The molecule has 4 nitrogen and oxygen atoms in total. The van der Waals surface area contributed by atoms with Gasteiger partial charge >= 0.3 is 0 Å². The van der Waals surface area contributed by atoms with Gasteiger partial charge in [0.05, 0.1) is 10.2 Å². The number of carbonyl (C=O) groups excluding carboxylic acids is 1. The van der Waals surface area contributed by atoms with E-state index in [4.69, 9.17) is 4.98 Å². The van der Waals surface area contributed by atoms with E-state index in [1.54, 1.807) is 11.3 Å². The molecule has 28 heavy (non-hydrogen) atoms. The van der Waals surface area contributed by atoms with Crippen molar-refractivity contribution >= 4 is 48.5 Å². The number of halogens is 1. The molecule has 152 valence electrons. The average molecular weight is 464 g/mol. The molecule has 2 aromatic rings. The Morgan fingerprint density at radius 2 is 1.93 bits per heavy atom. The topological polar surface area (TPSA) is 36.4 Å². The Kier molecular flexibility index (Phi) is 6.56. The van der Waals surface area contributed by atoms with Gasteiger partial charge in [0, 0.05) is 36.6 Å². The lowest BCUT2D eigenvalue weighted by Gasteiger charge is -2.37. The van der Waals surface area contributed by atoms with Crippen molar-refractivity contribution in [3.63, 3.8) is 0 Å². The second kappa shape index (κ2) is 9.12. The number of carbonyl (C=O) groups is 1. The molecule has 1 aliphatic heterocycles. The summed E-state index contributed by atoms with van der Waals surface area (Å²) in [5.74, 6) is 1.53. The van der Waals surface area contributed by atoms with Crippen LogP contribution in [0.2, 0.25) is 0 Å². The van der Waals surface area contributed by atoms with Crippen LogP contribution in [0, 0.1) is 11.8 Å². The smallest absolute Gasteiger partial charge is 0.225 e. The minimum atomic E-state index is 0.268. The summed E-state index contributed by atoms with van der Waals surface area (Å²) in [5, 5.41) is 1.08. The van der Waals surface area contributed by atoms with E-state index in [-0.39, 0.29) is 5.92 Å². The van der Waals surface area contributed by atoms with E-state index in [1.165, 1.54) is 36.8 Å². The Balaban J connectivity index is 1.29. The van der Waals surface area contributed by atoms with Crippen molar-refractivity contribution in [3.05, 3.63) is 22.7 Å². The molecule has 1 amide bonds. The van der Waals surface area contributed by atoms with Crippen LogP contribution in [-0.4, -0.2) is 42.0 Å². The number of fused-ring (bicyclic) bond motifs is 1. The zero-order valence-corrected chi connectivity index (χ0v) is 19.1. The largest absolute Gasteiger partial charge is 0.345 e. The van der Waals surface area contributed by atoms with Gasteiger partial charge in [-0.15, -0.1) is 0 Å². The van der Waals surface area contributed by atoms with Crippen molar-refractivity contribution in [2.75, 3.05) is 31.1 Å². The number of unbranched alkanes of at least 4 members (excludes halogenated alkanes) is 1. The van der Waals surface area contributed by atoms with Gasteiger partial charge in [0.25, 0.3) is 0 Å². The van der Waals surface area contributed by atoms with E-state index in [1.807, 2.05) is 6.07 Å². The van der Waals surface area contributed by atoms with Gasteiger partial charge in [-0.25, -0.2) is 4.98 Å². The summed E-state index contributed by atoms with van der Waals surface area (Å²) in [6.07, 6.45) is 8.67. The number of aromatic nitrogens is 1. The van der Waals surface area contributed by atoms with Crippen LogP contribution in [-0.2, 0) is 4.79 Å². The molecule has 6 heteroatoms. The highest BCUT2D eigenvalue weighted by molar-refractivity contribution is 9.10. The van der Waals surface area contributed by atoms with Crippen LogP contribution in [0.3, 0.4) is 0 Å². The van der Waals surface area contributed by atoms with E-state index in [0.29, 0.717) is 5.91 Å². The molecule has 2 heterocycles. The SMILES string of the molecule is CCCCC1CCC(C(=O)N2CCN(c3nc4ccc(Br)cc4s3)CC2)CC1. The number of nitrogens with zero attached hydrogens (tertiary/aromatic N) is 3. The van der Waals surface area contributed by atoms with Gasteiger partial charge in [-0.3, -0.25) is 4.79 Å². The van der Waals surface area contributed by atoms with Gasteiger partial charge < -0.3 is 9.80 Å². The molecule has 0 radical (unpaired) electrons. The summed E-state index contributed by atoms with van der Waals surface area (Å²) in [7, 11) is 0. The molecule has 2 aliphatic rings. The molecule has 2 fully saturated rings. The number of benzene rings is 1. The van der Waals surface area contributed by atoms with Crippen LogP contribution >= 0.6 is 27.3 Å². The Labute approximate surface area is 180 Å². The summed E-state index contributed by atoms with van der Waals surface area (Å²) < 4.78 is 2.30. The monoisotopic (exact) mass is 463 g/mol. The molecule has 1 aliphatic carbocycles. The lowest BCUT2D eigenvalue weighted by atomic mass is 9.79. The van der Waals surface area contributed by atoms with Crippen molar-refractivity contribution in [1.29, 1.82) is 0 Å². The maximum atomic E-state index is 13.0. The quantitative estimate of drug-likeness (QED) is 0.569. The number of amides is 1. The second-order valence-corrected chi connectivity index (χ2v) is 10.2. The van der Waals surface area contributed by atoms with Gasteiger partial charge in [0.2, 0.25) is 5.91 Å². The van der Waals surface area contributed by atoms with Gasteiger partial charge in [0.15, 0.2) is 5.13 Å². The summed E-state index contributed by atoms with van der Waals surface area (Å²) in [4.78, 5) is 22.2. The highest BCUT2D eigenvalue weighted by Crippen LogP contribution is 2.34. The Morgan fingerprint density at radius 3 is 2.64 bits per heavy atom. The predicted octanol–water partition coefficient (Wildman–Crippen LogP) is 5.70. The molecule has 1 saturated carbocycles. The summed E-state index contributed by atoms with van der Waals surface area (Å²) in [5.41, 5.74) is 1.06. The van der Waals surface area contributed by atoms with Crippen molar-refractivity contribution in [1.82, 2.24) is 9.88 Å². The fourth-order valence-electron chi connectivity index (χ4n) is 4.59. The normalized spacial score (nSPS) is 23.4. The molecular weight excluding hydrogens is 434 g/mol. The first-order chi connectivity index (χ1) is 13.6. The van der Waals surface area contributed by atoms with Crippen LogP contribution in [0.5, 0.6) is 0 Å². The van der Waals surface area contributed by atoms with Crippen molar-refractivity contribution in [3.8, 4) is 0 Å². The molecule has 0 spiro atoms. The molecule has 1 aromatic carbocycles. The summed E-state index contributed by atoms with van der Waals surface area (Å²) in [6.45, 7) is 5.70. The lowest BCUT2D eigenvalue weighted by Crippen LogP contribution is -2.50. The van der Waals surface area contributed by atoms with Crippen LogP contribution < -0.4 is 4.90 Å². The highest BCUT2D eigenvalue weighted by Gasteiger charge is 2.31. The first kappa shape index (κ1) is 20.1. The van der Waals surface area contributed by atoms with E-state index < -0.39 is 0 Å². The number of hydrogen-bond acceptors (Lipinski definition) is 4. The minimum Gasteiger partial charge on any atom is -0.345 e. The Hall–Kier alpha value is -1.14. The molecule has 4 rings (SSSR count). The lowest BCUT2D eigenvalue weighted by molar-refractivity contribution is -0.137. The maximum absolute atomic E-state index is 13.0. The first-order valence-electron chi connectivity index (χ1n) is 10.7. The molecule has 0 unspecified atom stereocenters. The average Bonchev–Trinajstić information content (AvgIpc) is 3.15. The summed E-state index contributed by atoms with van der Waals surface area (Å²) >= 11 is 5.28. The van der Waals surface area contributed by atoms with E-state index in [9.17, 15) is 4.79 Å². The van der Waals surface area contributed by atoms with Crippen LogP contribution in [0.4, 0.5) is 5.13 Å². The zero-order valence-electron chi connectivity index (χ0n) is 16.7. The highest BCUT2D eigenvalue weighted by atomic mass is 79.9. The summed E-state index contributed by atoms with van der Waals surface area (Å²) in [6, 6.07) is 6.24. The van der Waals surface area contributed by atoms with E-state index >= 15 is 0 Å². The number of hydrogen-bond donors (Lipinski definition) is 0. The molecule has 0 N–H and O–H groups in total. The standard InChI is InChI=1S/C22H30BrN3OS/c1-2-3-4-16-5-7-17(8-6-16)21(27)25-11-13-26(14-12-25)22-24-19-10-9-18(23)15-20(19)28-22/h9-10,15-17H,2-8,11-14H2,1H3. The van der Waals surface area contributed by atoms with Gasteiger partial charge in [0.1, 0.15) is 0 Å². The number of anilines is 1. The van der Waals surface area contributed by atoms with Gasteiger partial charge in [-0.1, -0.05) is 53.5 Å². The van der Waals surface area contributed by atoms with Crippen LogP contribution in [0.1, 0.15) is 51.9 Å². The number of rotatable bonds is 5. The van der Waals surface area contributed by atoms with Crippen molar-refractivity contribution < 1.29 is 4.79 Å². The van der Waals surface area contributed by atoms with Gasteiger partial charge in [-0.05, 0) is 49.8 Å². The minimum absolute atomic E-state index is 0.268. The predicted molar refractivity (Wildman–Crippen MR) is 121 cm³/mol. The Bertz CT molecular complexity index is 807. The molecule has 0 bridgehead atoms. The number of thiazole rings is 1. The maximum Gasteiger partial charge on any atom is 0.225 e. The molecule has 1 aromatic heterocycles. The van der Waals surface area contributed by atoms with E-state index in [0.717, 1.165) is 60.1 Å². The fraction of sp³-hybridized carbons (Fsp3) is 0.636. The fourth-order valence-corrected chi connectivity index (χ4v) is 6.16. The molecule has 0 atom stereocenters. The first-order valence-corrected chi connectivity index (χ1v) is 12.3. The molecule has 1 saturated heterocycles. The molecular formula is C22H30BrN3OS. The third-order valence-electron chi connectivity index (χ3n) is 6.36. The Morgan fingerprint density at radius 1 is 1.18 bits per heavy atom. The third-order valence-corrected chi connectivity index (χ3v) is 7.94. The van der Waals surface area contributed by atoms with Crippen molar-refractivity contribution in [2.24, 2.45) is 11.8 Å². The van der Waals surface area contributed by atoms with Crippen LogP contribution in [0.25, 0.3) is 10.2 Å². The second-order valence-electron chi connectivity index (χ2n) is 8.28. The van der Waals surface area contributed by atoms with E-state index in [2.05, 4.69) is 44.8 Å².